The zero-order chi connectivity index (χ0) is 10.9. The SMILES string of the molecule is O=C([O-])C1COC(C(=O)[O-])(C(=O)[O-])O1.[Na+].[Na+].[Na+]. The maximum atomic E-state index is 10.3. The Morgan fingerprint density at radius 3 is 1.59 bits per heavy atom. The molecule has 0 radical (unpaired) electrons. The average molecular weight is 272 g/mol. The van der Waals surface area contributed by atoms with Crippen LogP contribution < -0.4 is 104 Å². The third-order valence-corrected chi connectivity index (χ3v) is 1.55. The van der Waals surface area contributed by atoms with E-state index in [0.29, 0.717) is 0 Å². The Hall–Kier alpha value is 1.33. The molecule has 78 valence electrons. The first-order valence-corrected chi connectivity index (χ1v) is 3.35. The second-order valence-corrected chi connectivity index (χ2v) is 2.43. The van der Waals surface area contributed by atoms with Gasteiger partial charge in [0.05, 0.1) is 12.6 Å². The van der Waals surface area contributed by atoms with Crippen molar-refractivity contribution in [2.24, 2.45) is 0 Å². The van der Waals surface area contributed by atoms with Gasteiger partial charge in [-0.25, -0.2) is 0 Å². The van der Waals surface area contributed by atoms with Crippen LogP contribution in [0.2, 0.25) is 0 Å². The fourth-order valence-corrected chi connectivity index (χ4v) is 0.875. The van der Waals surface area contributed by atoms with Crippen molar-refractivity contribution >= 4 is 17.9 Å². The van der Waals surface area contributed by atoms with Gasteiger partial charge in [0.25, 0.3) is 5.79 Å². The van der Waals surface area contributed by atoms with Crippen molar-refractivity contribution in [2.75, 3.05) is 6.61 Å². The van der Waals surface area contributed by atoms with Gasteiger partial charge in [-0.15, -0.1) is 0 Å². The average Bonchev–Trinajstić information content (AvgIpc) is 2.48. The van der Waals surface area contributed by atoms with Crippen LogP contribution in [-0.2, 0) is 23.9 Å². The third kappa shape index (κ3) is 5.07. The Morgan fingerprint density at radius 1 is 1.00 bits per heavy atom. The Kier molecular flexibility index (Phi) is 12.8. The normalized spacial score (nSPS) is 20.1. The molecule has 0 saturated carbocycles. The molecule has 0 aliphatic carbocycles. The van der Waals surface area contributed by atoms with E-state index < -0.39 is 36.4 Å². The number of carboxylic acid groups (broad SMARTS) is 3. The summed E-state index contributed by atoms with van der Waals surface area (Å²) in [6, 6.07) is 0. The Balaban J connectivity index is -0.000000653. The van der Waals surface area contributed by atoms with Crippen molar-refractivity contribution in [3.63, 3.8) is 0 Å². The van der Waals surface area contributed by atoms with Crippen LogP contribution in [0.4, 0.5) is 0 Å². The number of carbonyl (C=O) groups is 3. The summed E-state index contributed by atoms with van der Waals surface area (Å²) in [6.45, 7) is -0.760. The topological polar surface area (TPSA) is 139 Å². The quantitative estimate of drug-likeness (QED) is 0.364. The van der Waals surface area contributed by atoms with Gasteiger partial charge >= 0.3 is 88.7 Å². The zero-order valence-corrected chi connectivity index (χ0v) is 15.6. The van der Waals surface area contributed by atoms with Crippen LogP contribution in [0.5, 0.6) is 0 Å². The van der Waals surface area contributed by atoms with Crippen molar-refractivity contribution in [2.45, 2.75) is 11.9 Å². The molecule has 1 fully saturated rings. The van der Waals surface area contributed by atoms with E-state index in [1.807, 2.05) is 0 Å². The van der Waals surface area contributed by atoms with Crippen LogP contribution in [0.15, 0.2) is 0 Å². The van der Waals surface area contributed by atoms with Gasteiger partial charge in [-0.2, -0.15) is 0 Å². The monoisotopic (exact) mass is 272 g/mol. The smallest absolute Gasteiger partial charge is 0.547 e. The molecule has 1 atom stereocenters. The predicted molar refractivity (Wildman–Crippen MR) is 28.6 cm³/mol. The molecule has 0 amide bonds. The fourth-order valence-electron chi connectivity index (χ4n) is 0.875. The molecule has 0 bridgehead atoms. The van der Waals surface area contributed by atoms with E-state index in [2.05, 4.69) is 9.47 Å². The Bertz CT molecular complexity index is 292. The summed E-state index contributed by atoms with van der Waals surface area (Å²) in [5.41, 5.74) is 0. The van der Waals surface area contributed by atoms with Gasteiger partial charge in [-0.1, -0.05) is 0 Å². The van der Waals surface area contributed by atoms with Gasteiger partial charge in [-0.3, -0.25) is 0 Å². The van der Waals surface area contributed by atoms with Crippen molar-refractivity contribution in [3.05, 3.63) is 0 Å². The first-order chi connectivity index (χ1) is 6.40. The number of rotatable bonds is 3. The van der Waals surface area contributed by atoms with Gasteiger partial charge in [0.15, 0.2) is 0 Å². The van der Waals surface area contributed by atoms with Gasteiger partial charge in [0.2, 0.25) is 0 Å². The molecule has 1 aliphatic heterocycles. The maximum Gasteiger partial charge on any atom is 1.00 e. The van der Waals surface area contributed by atoms with Gasteiger partial charge in [0.1, 0.15) is 18.0 Å². The van der Waals surface area contributed by atoms with Crippen LogP contribution in [0.1, 0.15) is 0 Å². The molecule has 11 heteroatoms. The summed E-state index contributed by atoms with van der Waals surface area (Å²) in [5, 5.41) is 30.9. The van der Waals surface area contributed by atoms with E-state index in [1.54, 1.807) is 0 Å². The Labute approximate surface area is 162 Å². The summed E-state index contributed by atoms with van der Waals surface area (Å²) in [7, 11) is 0. The molecule has 1 aliphatic rings. The minimum Gasteiger partial charge on any atom is -0.547 e. The molecule has 0 aromatic carbocycles. The molecule has 1 saturated heterocycles. The second-order valence-electron chi connectivity index (χ2n) is 2.43. The zero-order valence-electron chi connectivity index (χ0n) is 9.55. The van der Waals surface area contributed by atoms with E-state index in [9.17, 15) is 29.7 Å². The van der Waals surface area contributed by atoms with E-state index >= 15 is 0 Å². The van der Waals surface area contributed by atoms with Crippen molar-refractivity contribution in [1.29, 1.82) is 0 Å². The predicted octanol–water partition coefficient (Wildman–Crippen LogP) is -14.6. The van der Waals surface area contributed by atoms with Gasteiger partial charge in [0, 0.05) is 0 Å². The first-order valence-electron chi connectivity index (χ1n) is 3.35. The van der Waals surface area contributed by atoms with Crippen molar-refractivity contribution in [3.8, 4) is 0 Å². The molecule has 17 heavy (non-hydrogen) atoms. The molecule has 0 aromatic heterocycles. The summed E-state index contributed by atoms with van der Waals surface area (Å²) >= 11 is 0. The summed E-state index contributed by atoms with van der Waals surface area (Å²) in [5.74, 6) is -9.41. The molecule has 1 heterocycles. The van der Waals surface area contributed by atoms with Gasteiger partial charge in [-0.05, 0) is 0 Å². The first kappa shape index (κ1) is 23.4. The minimum atomic E-state index is -3.16. The summed E-state index contributed by atoms with van der Waals surface area (Å²) < 4.78 is 8.30. The minimum absolute atomic E-state index is 0. The summed E-state index contributed by atoms with van der Waals surface area (Å²) in [4.78, 5) is 30.9. The second kappa shape index (κ2) is 9.27. The maximum absolute atomic E-state index is 10.3. The molecule has 1 unspecified atom stereocenters. The number of carbonyl (C=O) groups excluding carboxylic acids is 3. The van der Waals surface area contributed by atoms with Crippen LogP contribution >= 0.6 is 0 Å². The number of aliphatic carboxylic acids is 3. The van der Waals surface area contributed by atoms with Crippen LogP contribution in [0.3, 0.4) is 0 Å². The van der Waals surface area contributed by atoms with E-state index in [4.69, 9.17) is 0 Å². The molecule has 0 N–H and O–H groups in total. The Morgan fingerprint density at radius 2 is 1.41 bits per heavy atom. The molecular formula is C6H3Na3O8. The fraction of sp³-hybridized carbons (Fsp3) is 0.500. The molecular weight excluding hydrogens is 269 g/mol. The standard InChI is InChI=1S/C6H6O8.3Na/c7-3(8)2-1-13-6(14-2,4(9)10)5(11)12;;;/h2H,1H2,(H,7,8)(H,9,10)(H,11,12);;;/q;3*+1/p-3. The van der Waals surface area contributed by atoms with Gasteiger partial charge < -0.3 is 39.2 Å². The van der Waals surface area contributed by atoms with E-state index in [1.165, 1.54) is 0 Å². The van der Waals surface area contributed by atoms with E-state index in [-0.39, 0.29) is 88.7 Å². The number of carboxylic acids is 3. The van der Waals surface area contributed by atoms with Crippen molar-refractivity contribution in [1.82, 2.24) is 0 Å². The molecule has 8 nitrogen and oxygen atoms in total. The van der Waals surface area contributed by atoms with Crippen LogP contribution in [-0.4, -0.2) is 36.4 Å². The van der Waals surface area contributed by atoms with E-state index in [0.717, 1.165) is 0 Å². The van der Waals surface area contributed by atoms with Crippen molar-refractivity contribution < 1.29 is 128 Å². The van der Waals surface area contributed by atoms with Crippen LogP contribution in [0.25, 0.3) is 0 Å². The number of hydrogen-bond donors (Lipinski definition) is 0. The number of hydrogen-bond acceptors (Lipinski definition) is 8. The molecule has 1 rings (SSSR count). The molecule has 0 spiro atoms. The largest absolute Gasteiger partial charge is 1.00 e. The number of ether oxygens (including phenoxy) is 2. The van der Waals surface area contributed by atoms with Crippen LogP contribution in [0, 0.1) is 0 Å². The molecule has 0 aromatic rings. The third-order valence-electron chi connectivity index (χ3n) is 1.55. The summed E-state index contributed by atoms with van der Waals surface area (Å²) in [6.07, 6.45) is -1.77.